The molecule has 16 heavy (non-hydrogen) atoms. The summed E-state index contributed by atoms with van der Waals surface area (Å²) in [7, 11) is -4.46. The molecule has 3 N–H and O–H groups in total. The summed E-state index contributed by atoms with van der Waals surface area (Å²) in [6.45, 7) is 10.4. The zero-order valence-electron chi connectivity index (χ0n) is 10.8. The second-order valence-electron chi connectivity index (χ2n) is 5.48. The molecule has 0 aromatic carbocycles. The molecule has 0 bridgehead atoms. The first-order valence-electron chi connectivity index (χ1n) is 5.49. The van der Waals surface area contributed by atoms with Gasteiger partial charge in [-0.05, 0) is 18.8 Å². The van der Waals surface area contributed by atoms with Crippen molar-refractivity contribution in [1.29, 1.82) is 0 Å². The van der Waals surface area contributed by atoms with E-state index in [1.165, 1.54) is 0 Å². The molecule has 0 amide bonds. The van der Waals surface area contributed by atoms with Gasteiger partial charge in [0.2, 0.25) is 0 Å². The lowest BCUT2D eigenvalue weighted by Crippen LogP contribution is -2.47. The molecule has 1 unspecified atom stereocenters. The van der Waals surface area contributed by atoms with Crippen molar-refractivity contribution in [3.05, 3.63) is 0 Å². The quantitative estimate of drug-likeness (QED) is 0.500. The minimum Gasteiger partial charge on any atom is -0.303 e. The lowest BCUT2D eigenvalue weighted by Gasteiger charge is -2.33. The molecule has 0 saturated heterocycles. The highest BCUT2D eigenvalue weighted by Gasteiger charge is 2.33. The summed E-state index contributed by atoms with van der Waals surface area (Å²) in [5.74, 6) is 0. The van der Waals surface area contributed by atoms with Crippen LogP contribution in [0.4, 0.5) is 0 Å². The van der Waals surface area contributed by atoms with Crippen molar-refractivity contribution in [2.24, 2.45) is 5.41 Å². The van der Waals surface area contributed by atoms with Gasteiger partial charge in [0, 0.05) is 6.54 Å². The van der Waals surface area contributed by atoms with Crippen molar-refractivity contribution in [2.45, 2.75) is 53.2 Å². The van der Waals surface area contributed by atoms with E-state index < -0.39 is 13.5 Å². The molecule has 0 radical (unpaired) electrons. The van der Waals surface area contributed by atoms with E-state index in [4.69, 9.17) is 14.3 Å². The molecule has 0 spiro atoms. The van der Waals surface area contributed by atoms with E-state index in [2.05, 4.69) is 5.32 Å². The Labute approximate surface area is 97.8 Å². The fraction of sp³-hybridized carbons (Fsp3) is 1.00. The topological polar surface area (TPSA) is 78.8 Å². The van der Waals surface area contributed by atoms with Crippen LogP contribution in [0, 0.1) is 5.41 Å². The van der Waals surface area contributed by atoms with E-state index in [1.54, 1.807) is 6.92 Å². The van der Waals surface area contributed by atoms with Crippen LogP contribution in [-0.4, -0.2) is 22.1 Å². The molecule has 1 atom stereocenters. The van der Waals surface area contributed by atoms with Crippen LogP contribution in [0.1, 0.15) is 47.5 Å². The molecule has 0 rings (SSSR count). The van der Waals surface area contributed by atoms with Crippen LogP contribution in [-0.2, 0) is 9.09 Å². The van der Waals surface area contributed by atoms with Crippen molar-refractivity contribution in [3.8, 4) is 0 Å². The van der Waals surface area contributed by atoms with Gasteiger partial charge in [0.1, 0.15) is 5.72 Å². The third-order valence-electron chi connectivity index (χ3n) is 2.04. The number of phosphoric acid groups is 1. The molecule has 5 nitrogen and oxygen atoms in total. The molecule has 0 fully saturated rings. The van der Waals surface area contributed by atoms with Crippen LogP contribution in [0.25, 0.3) is 0 Å². The third kappa shape index (κ3) is 8.25. The second kappa shape index (κ2) is 5.61. The van der Waals surface area contributed by atoms with Gasteiger partial charge in [-0.2, -0.15) is 0 Å². The van der Waals surface area contributed by atoms with Crippen molar-refractivity contribution < 1.29 is 18.9 Å². The van der Waals surface area contributed by atoms with Gasteiger partial charge in [-0.3, -0.25) is 9.84 Å². The first-order valence-corrected chi connectivity index (χ1v) is 7.02. The van der Waals surface area contributed by atoms with Crippen molar-refractivity contribution in [3.63, 3.8) is 0 Å². The number of hydrogen-bond acceptors (Lipinski definition) is 3. The number of hydrogen-bond donors (Lipinski definition) is 3. The summed E-state index contributed by atoms with van der Waals surface area (Å²) < 4.78 is 15.7. The van der Waals surface area contributed by atoms with Crippen molar-refractivity contribution >= 4 is 7.82 Å². The van der Waals surface area contributed by atoms with Crippen LogP contribution >= 0.6 is 7.82 Å². The Bertz CT molecular complexity index is 258. The maximum Gasteiger partial charge on any atom is 0.471 e. The minimum atomic E-state index is -4.46. The minimum absolute atomic E-state index is 0.0350. The fourth-order valence-electron chi connectivity index (χ4n) is 1.36. The van der Waals surface area contributed by atoms with Gasteiger partial charge >= 0.3 is 7.82 Å². The molecule has 0 aliphatic carbocycles. The second-order valence-corrected chi connectivity index (χ2v) is 6.64. The smallest absolute Gasteiger partial charge is 0.303 e. The summed E-state index contributed by atoms with van der Waals surface area (Å²) in [5, 5.41) is 3.08. The molecule has 0 saturated carbocycles. The van der Waals surface area contributed by atoms with E-state index in [1.807, 2.05) is 27.7 Å². The van der Waals surface area contributed by atoms with E-state index in [0.29, 0.717) is 13.0 Å². The molecule has 6 heteroatoms. The van der Waals surface area contributed by atoms with E-state index in [-0.39, 0.29) is 5.41 Å². The zero-order chi connectivity index (χ0) is 13.0. The van der Waals surface area contributed by atoms with Crippen molar-refractivity contribution in [1.82, 2.24) is 5.32 Å². The summed E-state index contributed by atoms with van der Waals surface area (Å²) in [6.07, 6.45) is 1.34. The summed E-state index contributed by atoms with van der Waals surface area (Å²) in [5.41, 5.74) is -0.936. The Balaban J connectivity index is 4.51. The number of nitrogens with one attached hydrogen (secondary N) is 1. The Kier molecular flexibility index (Phi) is 5.63. The molecule has 98 valence electrons. The predicted octanol–water partition coefficient (Wildman–Crippen LogP) is 2.25. The average Bonchev–Trinajstić information content (AvgIpc) is 1.96. The van der Waals surface area contributed by atoms with Crippen LogP contribution in [0.15, 0.2) is 0 Å². The number of phosphoric ester groups is 1. The van der Waals surface area contributed by atoms with Gasteiger partial charge in [0.25, 0.3) is 0 Å². The highest BCUT2D eigenvalue weighted by atomic mass is 31.2. The van der Waals surface area contributed by atoms with Crippen LogP contribution in [0.2, 0.25) is 0 Å². The molecular weight excluding hydrogens is 229 g/mol. The highest BCUT2D eigenvalue weighted by molar-refractivity contribution is 7.46. The maximum absolute atomic E-state index is 10.9. The molecule has 0 aromatic heterocycles. The Morgan fingerprint density at radius 3 is 2.06 bits per heavy atom. The predicted molar refractivity (Wildman–Crippen MR) is 63.9 cm³/mol. The monoisotopic (exact) mass is 253 g/mol. The summed E-state index contributed by atoms with van der Waals surface area (Å²) in [6, 6.07) is 0. The van der Waals surface area contributed by atoms with E-state index in [9.17, 15) is 4.57 Å². The molecular formula is C10H24NO4P. The lowest BCUT2D eigenvalue weighted by molar-refractivity contribution is 0.00560. The molecule has 0 aliphatic heterocycles. The van der Waals surface area contributed by atoms with Crippen LogP contribution in [0.3, 0.4) is 0 Å². The van der Waals surface area contributed by atoms with Crippen LogP contribution in [0.5, 0.6) is 0 Å². The zero-order valence-corrected chi connectivity index (χ0v) is 11.7. The lowest BCUT2D eigenvalue weighted by atomic mass is 9.96. The van der Waals surface area contributed by atoms with Gasteiger partial charge < -0.3 is 9.79 Å². The Morgan fingerprint density at radius 1 is 1.25 bits per heavy atom. The Morgan fingerprint density at radius 2 is 1.75 bits per heavy atom. The highest BCUT2D eigenvalue weighted by Crippen LogP contribution is 2.42. The van der Waals surface area contributed by atoms with Gasteiger partial charge in [0.05, 0.1) is 0 Å². The summed E-state index contributed by atoms with van der Waals surface area (Å²) >= 11 is 0. The van der Waals surface area contributed by atoms with Gasteiger partial charge in [-0.1, -0.05) is 34.1 Å². The third-order valence-corrected chi connectivity index (χ3v) is 2.68. The van der Waals surface area contributed by atoms with Gasteiger partial charge in [-0.15, -0.1) is 0 Å². The van der Waals surface area contributed by atoms with E-state index in [0.717, 1.165) is 6.42 Å². The molecule has 0 aliphatic rings. The fourth-order valence-corrected chi connectivity index (χ4v) is 2.04. The largest absolute Gasteiger partial charge is 0.471 e. The Hall–Kier alpha value is 0.0700. The number of rotatable bonds is 6. The first kappa shape index (κ1) is 16.1. The van der Waals surface area contributed by atoms with E-state index >= 15 is 0 Å². The standard InChI is InChI=1S/C10H24NO4P/c1-6-7-10(5,15-16(12,13)14)11-8-9(2,3)4/h11H,6-8H2,1-5H3,(H2,12,13,14). The first-order chi connectivity index (χ1) is 6.97. The molecule has 0 aromatic rings. The summed E-state index contributed by atoms with van der Waals surface area (Å²) in [4.78, 5) is 17.7. The normalized spacial score (nSPS) is 17.2. The SMILES string of the molecule is CCCC(C)(NCC(C)(C)C)OP(=O)(O)O. The average molecular weight is 253 g/mol. The van der Waals surface area contributed by atoms with Gasteiger partial charge in [-0.25, -0.2) is 4.57 Å². The van der Waals surface area contributed by atoms with Crippen LogP contribution < -0.4 is 5.32 Å². The molecule has 0 heterocycles. The van der Waals surface area contributed by atoms with Crippen molar-refractivity contribution in [2.75, 3.05) is 6.54 Å². The van der Waals surface area contributed by atoms with Gasteiger partial charge in [0.15, 0.2) is 0 Å². The maximum atomic E-state index is 10.9.